The van der Waals surface area contributed by atoms with Crippen LogP contribution < -0.4 is 4.90 Å². The Labute approximate surface area is 167 Å². The van der Waals surface area contributed by atoms with Gasteiger partial charge in [0.15, 0.2) is 0 Å². The maximum Gasteiger partial charge on any atom is 0.306 e. The predicted molar refractivity (Wildman–Crippen MR) is 105 cm³/mol. The van der Waals surface area contributed by atoms with Gasteiger partial charge in [0.1, 0.15) is 11.6 Å². The molecule has 0 aliphatic carbocycles. The van der Waals surface area contributed by atoms with Gasteiger partial charge in [0.2, 0.25) is 5.91 Å². The Kier molecular flexibility index (Phi) is 5.77. The van der Waals surface area contributed by atoms with Crippen LogP contribution in [0.5, 0.6) is 0 Å². The van der Waals surface area contributed by atoms with Crippen molar-refractivity contribution in [2.24, 2.45) is 0 Å². The molecule has 1 heterocycles. The fraction of sp³-hybridized carbons (Fsp3) is 0.227. The Hall–Kier alpha value is -3.48. The van der Waals surface area contributed by atoms with Gasteiger partial charge in [-0.2, -0.15) is 0 Å². The molecule has 0 aromatic heterocycles. The summed E-state index contributed by atoms with van der Waals surface area (Å²) in [6.45, 7) is 3.23. The van der Waals surface area contributed by atoms with Crippen molar-refractivity contribution in [1.82, 2.24) is 0 Å². The van der Waals surface area contributed by atoms with Crippen molar-refractivity contribution in [3.8, 4) is 0 Å². The molecule has 0 saturated heterocycles. The number of hydrogen-bond acceptors (Lipinski definition) is 5. The number of nitrogens with zero attached hydrogens (tertiary/aromatic N) is 1. The number of carbonyl (C=O) groups is 3. The molecule has 0 unspecified atom stereocenters. The average molecular weight is 397 g/mol. The van der Waals surface area contributed by atoms with Crippen molar-refractivity contribution in [3.05, 3.63) is 65.0 Å². The molecular weight excluding hydrogens is 377 g/mol. The highest BCUT2D eigenvalue weighted by atomic mass is 19.1. The molecule has 0 spiro atoms. The monoisotopic (exact) mass is 397 g/mol. The van der Waals surface area contributed by atoms with Gasteiger partial charge >= 0.3 is 5.97 Å². The minimum absolute atomic E-state index is 0.0715. The van der Waals surface area contributed by atoms with E-state index in [1.165, 1.54) is 19.1 Å². The summed E-state index contributed by atoms with van der Waals surface area (Å²) in [5, 5.41) is 10.8. The van der Waals surface area contributed by atoms with Crippen LogP contribution in [0.2, 0.25) is 0 Å². The van der Waals surface area contributed by atoms with Crippen LogP contribution in [0.3, 0.4) is 0 Å². The van der Waals surface area contributed by atoms with Gasteiger partial charge in [-0.05, 0) is 43.2 Å². The number of carbonyl (C=O) groups excluding carboxylic acids is 3. The molecule has 1 aliphatic rings. The molecular formula is C22H20FNO5. The third kappa shape index (κ3) is 4.03. The topological polar surface area (TPSA) is 83.9 Å². The van der Waals surface area contributed by atoms with E-state index in [4.69, 9.17) is 4.74 Å². The van der Waals surface area contributed by atoms with Gasteiger partial charge in [-0.25, -0.2) is 9.29 Å². The van der Waals surface area contributed by atoms with Gasteiger partial charge in [-0.1, -0.05) is 18.2 Å². The van der Waals surface area contributed by atoms with Gasteiger partial charge in [0.25, 0.3) is 5.91 Å². The number of esters is 1. The Balaban J connectivity index is 2.00. The number of halogens is 1. The van der Waals surface area contributed by atoms with Crippen LogP contribution >= 0.6 is 0 Å². The van der Waals surface area contributed by atoms with Crippen LogP contribution in [-0.4, -0.2) is 29.5 Å². The normalized spacial score (nSPS) is 14.6. The van der Waals surface area contributed by atoms with E-state index < -0.39 is 17.6 Å². The van der Waals surface area contributed by atoms with Gasteiger partial charge in [0, 0.05) is 24.5 Å². The second-order valence-electron chi connectivity index (χ2n) is 6.55. The summed E-state index contributed by atoms with van der Waals surface area (Å²) in [7, 11) is 0. The first kappa shape index (κ1) is 20.3. The van der Waals surface area contributed by atoms with Gasteiger partial charge < -0.3 is 9.84 Å². The molecule has 3 rings (SSSR count). The van der Waals surface area contributed by atoms with E-state index in [0.717, 1.165) is 16.5 Å². The fourth-order valence-electron chi connectivity index (χ4n) is 3.28. The number of anilines is 1. The van der Waals surface area contributed by atoms with Crippen LogP contribution in [0.1, 0.15) is 37.0 Å². The first-order valence-corrected chi connectivity index (χ1v) is 9.16. The lowest BCUT2D eigenvalue weighted by Gasteiger charge is -2.12. The van der Waals surface area contributed by atoms with Crippen LogP contribution in [-0.2, 0) is 25.5 Å². The summed E-state index contributed by atoms with van der Waals surface area (Å²) in [5.41, 5.74) is 1.44. The highest BCUT2D eigenvalue weighted by Gasteiger charge is 2.38. The van der Waals surface area contributed by atoms with Crippen molar-refractivity contribution in [2.45, 2.75) is 26.7 Å². The van der Waals surface area contributed by atoms with Crippen LogP contribution in [0.25, 0.3) is 11.3 Å². The maximum absolute atomic E-state index is 13.7. The molecule has 2 aromatic rings. The number of aliphatic hydroxyl groups is 1. The van der Waals surface area contributed by atoms with Gasteiger partial charge in [-0.15, -0.1) is 0 Å². The van der Waals surface area contributed by atoms with Crippen molar-refractivity contribution in [1.29, 1.82) is 0 Å². The van der Waals surface area contributed by atoms with Gasteiger partial charge in [-0.3, -0.25) is 14.4 Å². The van der Waals surface area contributed by atoms with Crippen LogP contribution in [0.4, 0.5) is 10.1 Å². The summed E-state index contributed by atoms with van der Waals surface area (Å²) in [6, 6.07) is 10.4. The second kappa shape index (κ2) is 8.26. The number of imide groups is 1. The number of aliphatic hydroxyl groups excluding tert-OH is 1. The Morgan fingerprint density at radius 2 is 1.93 bits per heavy atom. The van der Waals surface area contributed by atoms with E-state index in [2.05, 4.69) is 0 Å². The van der Waals surface area contributed by atoms with E-state index >= 15 is 0 Å². The van der Waals surface area contributed by atoms with E-state index in [1.54, 1.807) is 31.2 Å². The maximum atomic E-state index is 13.7. The van der Waals surface area contributed by atoms with E-state index in [-0.39, 0.29) is 35.0 Å². The standard InChI is InChI=1S/C22H20FNO5/c1-3-29-19(26)10-7-14-5-4-6-15(11-14)21(27)20-17-9-8-16(23)12-18(17)24(13(2)25)22(20)28/h4-6,8-9,11-12,27H,3,7,10H2,1-2H3/b21-20+. The molecule has 1 aliphatic heterocycles. The first-order chi connectivity index (χ1) is 13.8. The van der Waals surface area contributed by atoms with E-state index in [9.17, 15) is 23.9 Å². The second-order valence-corrected chi connectivity index (χ2v) is 6.55. The zero-order valence-electron chi connectivity index (χ0n) is 16.1. The zero-order chi connectivity index (χ0) is 21.1. The number of fused-ring (bicyclic) bond motifs is 1. The third-order valence-corrected chi connectivity index (χ3v) is 4.56. The summed E-state index contributed by atoms with van der Waals surface area (Å²) >= 11 is 0. The summed E-state index contributed by atoms with van der Waals surface area (Å²) in [4.78, 5) is 37.1. The minimum atomic E-state index is -0.715. The Morgan fingerprint density at radius 1 is 1.17 bits per heavy atom. The fourth-order valence-corrected chi connectivity index (χ4v) is 3.28. The SMILES string of the molecule is CCOC(=O)CCc1cccc(/C(O)=C2\C(=O)N(C(C)=O)c3cc(F)ccc32)c1. The summed E-state index contributed by atoms with van der Waals surface area (Å²) < 4.78 is 18.6. The predicted octanol–water partition coefficient (Wildman–Crippen LogP) is 3.64. The Bertz CT molecular complexity index is 1030. The zero-order valence-corrected chi connectivity index (χ0v) is 16.1. The highest BCUT2D eigenvalue weighted by Crippen LogP contribution is 2.40. The number of ether oxygens (including phenoxy) is 1. The lowest BCUT2D eigenvalue weighted by molar-refractivity contribution is -0.143. The van der Waals surface area contributed by atoms with Crippen molar-refractivity contribution < 1.29 is 28.6 Å². The molecule has 0 fully saturated rings. The number of hydrogen-bond donors (Lipinski definition) is 1. The molecule has 2 amide bonds. The quantitative estimate of drug-likeness (QED) is 0.473. The van der Waals surface area contributed by atoms with E-state index in [0.29, 0.717) is 18.6 Å². The van der Waals surface area contributed by atoms with Crippen LogP contribution in [0, 0.1) is 5.82 Å². The van der Waals surface area contributed by atoms with Gasteiger partial charge in [0.05, 0.1) is 17.9 Å². The molecule has 0 radical (unpaired) electrons. The molecule has 6 nitrogen and oxygen atoms in total. The molecule has 7 heteroatoms. The minimum Gasteiger partial charge on any atom is -0.506 e. The molecule has 1 N–H and O–H groups in total. The third-order valence-electron chi connectivity index (χ3n) is 4.56. The smallest absolute Gasteiger partial charge is 0.306 e. The lowest BCUT2D eigenvalue weighted by atomic mass is 9.99. The molecule has 2 aromatic carbocycles. The molecule has 0 atom stereocenters. The largest absolute Gasteiger partial charge is 0.506 e. The Morgan fingerprint density at radius 3 is 2.62 bits per heavy atom. The molecule has 0 bridgehead atoms. The van der Waals surface area contributed by atoms with Crippen molar-refractivity contribution >= 4 is 34.8 Å². The van der Waals surface area contributed by atoms with Crippen molar-refractivity contribution in [3.63, 3.8) is 0 Å². The van der Waals surface area contributed by atoms with Crippen molar-refractivity contribution in [2.75, 3.05) is 11.5 Å². The summed E-state index contributed by atoms with van der Waals surface area (Å²) in [5.74, 6) is -2.52. The molecule has 0 saturated carbocycles. The average Bonchev–Trinajstić information content (AvgIpc) is 2.97. The summed E-state index contributed by atoms with van der Waals surface area (Å²) in [6.07, 6.45) is 0.596. The molecule has 150 valence electrons. The lowest BCUT2D eigenvalue weighted by Crippen LogP contribution is -2.31. The van der Waals surface area contributed by atoms with Crippen LogP contribution in [0.15, 0.2) is 42.5 Å². The number of amides is 2. The van der Waals surface area contributed by atoms with E-state index in [1.807, 2.05) is 0 Å². The number of rotatable bonds is 5. The molecule has 29 heavy (non-hydrogen) atoms. The number of aryl methyl sites for hydroxylation is 1. The number of benzene rings is 2. The first-order valence-electron chi connectivity index (χ1n) is 9.16. The highest BCUT2D eigenvalue weighted by molar-refractivity contribution is 6.42.